The van der Waals surface area contributed by atoms with Crippen molar-refractivity contribution in [3.05, 3.63) is 53.6 Å². The van der Waals surface area contributed by atoms with Crippen molar-refractivity contribution in [3.8, 4) is 11.5 Å². The minimum absolute atomic E-state index is 0.0188. The molecular formula is C33H53N3O6. The molecule has 2 aromatic rings. The number of carbonyl (C=O) groups excluding carboxylic acids is 1. The highest BCUT2D eigenvalue weighted by molar-refractivity contribution is 5.79. The molecule has 5 atom stereocenters. The monoisotopic (exact) mass is 587 g/mol. The number of aliphatic hydroxyl groups is 1. The lowest BCUT2D eigenvalue weighted by atomic mass is 9.86. The number of nitrogens with one attached hydrogen (secondary N) is 2. The Morgan fingerprint density at radius 2 is 1.79 bits per heavy atom. The number of aliphatic hydroxyl groups excluding tert-OH is 1. The molecule has 0 aromatic heterocycles. The predicted octanol–water partition coefficient (Wildman–Crippen LogP) is 4.63. The molecule has 0 unspecified atom stereocenters. The number of carbonyl (C=O) groups is 1. The van der Waals surface area contributed by atoms with Crippen LogP contribution in [0.5, 0.6) is 11.5 Å². The van der Waals surface area contributed by atoms with E-state index in [0.717, 1.165) is 35.4 Å². The van der Waals surface area contributed by atoms with Crippen molar-refractivity contribution in [3.63, 3.8) is 0 Å². The van der Waals surface area contributed by atoms with Gasteiger partial charge in [0.15, 0.2) is 0 Å². The molecule has 42 heavy (non-hydrogen) atoms. The van der Waals surface area contributed by atoms with Crippen LogP contribution in [0.25, 0.3) is 0 Å². The summed E-state index contributed by atoms with van der Waals surface area (Å²) in [7, 11) is 1.67. The summed E-state index contributed by atoms with van der Waals surface area (Å²) in [6.07, 6.45) is 1.07. The molecule has 9 nitrogen and oxygen atoms in total. The second kappa shape index (κ2) is 18.6. The van der Waals surface area contributed by atoms with Crippen molar-refractivity contribution in [1.82, 2.24) is 5.32 Å². The lowest BCUT2D eigenvalue weighted by Crippen LogP contribution is -2.49. The number of anilines is 1. The molecule has 0 bridgehead atoms. The number of aryl methyl sites for hydroxylation is 1. The summed E-state index contributed by atoms with van der Waals surface area (Å²) in [6, 6.07) is 12.1. The highest BCUT2D eigenvalue weighted by atomic mass is 16.5. The van der Waals surface area contributed by atoms with Gasteiger partial charge in [-0.25, -0.2) is 0 Å². The van der Waals surface area contributed by atoms with Crippen molar-refractivity contribution < 1.29 is 29.2 Å². The van der Waals surface area contributed by atoms with E-state index in [1.807, 2.05) is 39.0 Å². The van der Waals surface area contributed by atoms with Gasteiger partial charge in [-0.2, -0.15) is 0 Å². The van der Waals surface area contributed by atoms with Gasteiger partial charge in [-0.15, -0.1) is 0 Å². The van der Waals surface area contributed by atoms with Crippen LogP contribution >= 0.6 is 0 Å². The smallest absolute Gasteiger partial charge is 0.223 e. The van der Waals surface area contributed by atoms with Crippen molar-refractivity contribution in [2.45, 2.75) is 78.7 Å². The van der Waals surface area contributed by atoms with Gasteiger partial charge >= 0.3 is 0 Å². The Labute approximate surface area is 252 Å². The van der Waals surface area contributed by atoms with Crippen molar-refractivity contribution in [2.75, 3.05) is 38.8 Å². The van der Waals surface area contributed by atoms with Crippen LogP contribution in [-0.2, 0) is 20.9 Å². The number of ether oxygens (including phenoxy) is 3. The SMILES string of the molecule is CC[C@H](C)[C@@H](CNc1ccc(O)cc1)NC(=O)[C@@H](C[C@H](O)[C@@H](N)COCc1ccc(C)c(OCCCOC)c1)C(C)C. The molecule has 0 saturated carbocycles. The predicted molar refractivity (Wildman–Crippen MR) is 168 cm³/mol. The Bertz CT molecular complexity index is 1050. The molecule has 2 aromatic carbocycles. The quantitative estimate of drug-likeness (QED) is 0.112. The molecule has 0 aliphatic heterocycles. The first-order chi connectivity index (χ1) is 20.0. The van der Waals surface area contributed by atoms with E-state index in [2.05, 4.69) is 24.5 Å². The van der Waals surface area contributed by atoms with E-state index in [1.165, 1.54) is 0 Å². The Kier molecular flexibility index (Phi) is 15.7. The largest absolute Gasteiger partial charge is 0.508 e. The molecule has 6 N–H and O–H groups in total. The van der Waals surface area contributed by atoms with Crippen molar-refractivity contribution in [1.29, 1.82) is 0 Å². The van der Waals surface area contributed by atoms with E-state index in [0.29, 0.717) is 26.4 Å². The molecule has 9 heteroatoms. The summed E-state index contributed by atoms with van der Waals surface area (Å²) in [5, 5.41) is 27.0. The Morgan fingerprint density at radius 3 is 2.43 bits per heavy atom. The third kappa shape index (κ3) is 12.2. The zero-order valence-corrected chi connectivity index (χ0v) is 26.3. The average molecular weight is 588 g/mol. The maximum absolute atomic E-state index is 13.4. The summed E-state index contributed by atoms with van der Waals surface area (Å²) < 4.78 is 16.8. The van der Waals surface area contributed by atoms with Gasteiger partial charge in [-0.3, -0.25) is 4.79 Å². The minimum atomic E-state index is -0.891. The van der Waals surface area contributed by atoms with E-state index in [-0.39, 0.29) is 42.6 Å². The van der Waals surface area contributed by atoms with Crippen molar-refractivity contribution in [2.24, 2.45) is 23.5 Å². The zero-order valence-electron chi connectivity index (χ0n) is 26.3. The summed E-state index contributed by atoms with van der Waals surface area (Å²) in [5.41, 5.74) is 9.18. The minimum Gasteiger partial charge on any atom is -0.508 e. The van der Waals surface area contributed by atoms with Crippen LogP contribution in [0.15, 0.2) is 42.5 Å². The molecular weight excluding hydrogens is 534 g/mol. The number of aromatic hydroxyl groups is 1. The molecule has 0 aliphatic rings. The van der Waals surface area contributed by atoms with Crippen LogP contribution in [0, 0.1) is 24.7 Å². The van der Waals surface area contributed by atoms with Gasteiger partial charge in [0.25, 0.3) is 0 Å². The van der Waals surface area contributed by atoms with Gasteiger partial charge in [-0.05, 0) is 66.6 Å². The molecule has 0 fully saturated rings. The van der Waals surface area contributed by atoms with Gasteiger partial charge < -0.3 is 40.8 Å². The van der Waals surface area contributed by atoms with Gasteiger partial charge in [-0.1, -0.05) is 46.2 Å². The fourth-order valence-corrected chi connectivity index (χ4v) is 4.59. The summed E-state index contributed by atoms with van der Waals surface area (Å²) in [6.45, 7) is 12.5. The van der Waals surface area contributed by atoms with Crippen LogP contribution in [-0.4, -0.2) is 67.8 Å². The van der Waals surface area contributed by atoms with E-state index < -0.39 is 18.1 Å². The lowest BCUT2D eigenvalue weighted by Gasteiger charge is -2.30. The van der Waals surface area contributed by atoms with Crippen LogP contribution in [0.2, 0.25) is 0 Å². The molecule has 2 rings (SSSR count). The number of hydrogen-bond donors (Lipinski definition) is 5. The molecule has 0 spiro atoms. The maximum atomic E-state index is 13.4. The van der Waals surface area contributed by atoms with E-state index in [1.54, 1.807) is 31.4 Å². The van der Waals surface area contributed by atoms with Gasteiger partial charge in [0.1, 0.15) is 11.5 Å². The van der Waals surface area contributed by atoms with Crippen LogP contribution in [0.3, 0.4) is 0 Å². The number of hydrogen-bond acceptors (Lipinski definition) is 8. The third-order valence-electron chi connectivity index (χ3n) is 7.77. The van der Waals surface area contributed by atoms with Gasteiger partial charge in [0.05, 0.1) is 32.0 Å². The molecule has 0 saturated heterocycles. The first kappa shape index (κ1) is 35.3. The van der Waals surface area contributed by atoms with Crippen LogP contribution in [0.1, 0.15) is 58.1 Å². The molecule has 236 valence electrons. The maximum Gasteiger partial charge on any atom is 0.223 e. The second-order valence-electron chi connectivity index (χ2n) is 11.6. The summed E-state index contributed by atoms with van der Waals surface area (Å²) in [4.78, 5) is 13.4. The highest BCUT2D eigenvalue weighted by Crippen LogP contribution is 2.23. The van der Waals surface area contributed by atoms with Crippen LogP contribution in [0.4, 0.5) is 5.69 Å². The lowest BCUT2D eigenvalue weighted by molar-refractivity contribution is -0.128. The Balaban J connectivity index is 1.89. The molecule has 0 aliphatic carbocycles. The number of amides is 1. The summed E-state index contributed by atoms with van der Waals surface area (Å²) >= 11 is 0. The zero-order chi connectivity index (χ0) is 31.1. The van der Waals surface area contributed by atoms with Gasteiger partial charge in [0, 0.05) is 44.3 Å². The van der Waals surface area contributed by atoms with Crippen LogP contribution < -0.4 is 21.1 Å². The summed E-state index contributed by atoms with van der Waals surface area (Å²) in [5.74, 6) is 0.790. The standard InChI is InChI=1S/C33H53N3O6/c1-7-23(4)30(19-35-26-11-13-27(37)14-12-26)36-33(39)28(22(2)3)18-31(38)29(34)21-41-20-25-10-9-24(5)32(17-25)42-16-8-15-40-6/h9-14,17,22-23,28-31,35,37-38H,7-8,15-16,18-21,34H2,1-6H3,(H,36,39)/t23-,28-,29-,30+,31-/m0/s1. The van der Waals surface area contributed by atoms with E-state index in [4.69, 9.17) is 19.9 Å². The Hall–Kier alpha value is -2.85. The number of rotatable bonds is 20. The molecule has 1 amide bonds. The van der Waals surface area contributed by atoms with Gasteiger partial charge in [0.2, 0.25) is 5.91 Å². The first-order valence-corrected chi connectivity index (χ1v) is 15.1. The number of methoxy groups -OCH3 is 1. The number of phenolic OH excluding ortho intramolecular Hbond substituents is 1. The normalized spacial score (nSPS) is 15.1. The third-order valence-corrected chi connectivity index (χ3v) is 7.77. The second-order valence-corrected chi connectivity index (χ2v) is 11.6. The topological polar surface area (TPSA) is 135 Å². The fourth-order valence-electron chi connectivity index (χ4n) is 4.59. The highest BCUT2D eigenvalue weighted by Gasteiger charge is 2.30. The molecule has 0 radical (unpaired) electrons. The molecule has 0 heterocycles. The number of nitrogens with two attached hydrogens (primary N) is 1. The average Bonchev–Trinajstić information content (AvgIpc) is 2.97. The van der Waals surface area contributed by atoms with E-state index >= 15 is 0 Å². The fraction of sp³-hybridized carbons (Fsp3) is 0.606. The van der Waals surface area contributed by atoms with E-state index in [9.17, 15) is 15.0 Å². The van der Waals surface area contributed by atoms with Crippen molar-refractivity contribution >= 4 is 11.6 Å². The first-order valence-electron chi connectivity index (χ1n) is 15.1. The number of phenols is 1. The Morgan fingerprint density at radius 1 is 1.07 bits per heavy atom. The number of benzene rings is 2.